The number of aromatic nitrogens is 4. The highest BCUT2D eigenvalue weighted by atomic mass is 79.9. The topological polar surface area (TPSA) is 59.7 Å². The summed E-state index contributed by atoms with van der Waals surface area (Å²) in [6.45, 7) is 0.928. The first-order valence-corrected chi connectivity index (χ1v) is 11.3. The van der Waals surface area contributed by atoms with E-state index in [1.54, 1.807) is 27.8 Å². The summed E-state index contributed by atoms with van der Waals surface area (Å²) in [6.07, 6.45) is 5.26. The maximum Gasteiger partial charge on any atom is 0.176 e. The zero-order valence-corrected chi connectivity index (χ0v) is 20.3. The molecule has 2 N–H and O–H groups in total. The molecule has 32 heavy (non-hydrogen) atoms. The van der Waals surface area contributed by atoms with Crippen LogP contribution in [0.15, 0.2) is 65.5 Å². The molecule has 11 heteroatoms. The molecule has 0 atom stereocenters. The van der Waals surface area contributed by atoms with Gasteiger partial charge in [-0.1, -0.05) is 47.5 Å². The van der Waals surface area contributed by atoms with E-state index in [0.717, 1.165) is 15.6 Å². The highest BCUT2D eigenvalue weighted by Crippen LogP contribution is 2.23. The number of halogens is 4. The van der Waals surface area contributed by atoms with Crippen molar-refractivity contribution < 1.29 is 4.39 Å². The lowest BCUT2D eigenvalue weighted by atomic mass is 10.2. The van der Waals surface area contributed by atoms with E-state index in [9.17, 15) is 4.39 Å². The third-order valence-electron chi connectivity index (χ3n) is 4.48. The van der Waals surface area contributed by atoms with Crippen molar-refractivity contribution in [3.8, 4) is 0 Å². The molecule has 2 aromatic heterocycles. The fraction of sp³-hybridized carbons (Fsp3) is 0.0952. The number of hydrogen-bond acceptors (Lipinski definition) is 3. The molecule has 2 aromatic carbocycles. The quantitative estimate of drug-likeness (QED) is 0.279. The molecule has 4 rings (SSSR count). The summed E-state index contributed by atoms with van der Waals surface area (Å²) in [6, 6.07) is 11.9. The Hall–Kier alpha value is -2.46. The lowest BCUT2D eigenvalue weighted by Crippen LogP contribution is -2.19. The second kappa shape index (κ2) is 9.99. The highest BCUT2D eigenvalue weighted by molar-refractivity contribution is 9.10. The Kier molecular flexibility index (Phi) is 7.10. The number of nitrogens with one attached hydrogen (secondary N) is 2. The van der Waals surface area contributed by atoms with Crippen LogP contribution >= 0.6 is 51.3 Å². The molecule has 0 bridgehead atoms. The van der Waals surface area contributed by atoms with Crippen LogP contribution in [0, 0.1) is 5.82 Å². The van der Waals surface area contributed by atoms with E-state index in [1.807, 2.05) is 30.5 Å². The Labute approximate surface area is 207 Å². The van der Waals surface area contributed by atoms with E-state index in [4.69, 9.17) is 35.4 Å². The van der Waals surface area contributed by atoms with Gasteiger partial charge in [-0.3, -0.25) is 9.36 Å². The molecular formula is C21H16BrCl2FN6S. The maximum absolute atomic E-state index is 13.2. The molecule has 6 nitrogen and oxygen atoms in total. The Morgan fingerprint density at radius 3 is 2.53 bits per heavy atom. The van der Waals surface area contributed by atoms with Crippen molar-refractivity contribution >= 4 is 68.0 Å². The molecule has 0 spiro atoms. The van der Waals surface area contributed by atoms with Crippen molar-refractivity contribution in [2.24, 2.45) is 0 Å². The molecule has 0 saturated heterocycles. The Bertz CT molecular complexity index is 1270. The number of hydrogen-bond donors (Lipinski definition) is 2. The minimum atomic E-state index is -0.376. The standard InChI is InChI=1S/C21H16BrCl2FN6S/c22-17-12-31(10-13-3-1-2-4-18(13)23)29-20(17)28-21(32)27-16-8-26-30(11-16)9-14-5-6-15(25)7-19(14)24/h1-8,11-12H,9-10H2,(H2,27,28,29,32). The van der Waals surface area contributed by atoms with Gasteiger partial charge in [-0.25, -0.2) is 4.39 Å². The minimum Gasteiger partial charge on any atom is -0.330 e. The van der Waals surface area contributed by atoms with Gasteiger partial charge in [0, 0.05) is 22.4 Å². The van der Waals surface area contributed by atoms with Crippen LogP contribution < -0.4 is 10.6 Å². The smallest absolute Gasteiger partial charge is 0.176 e. The fourth-order valence-electron chi connectivity index (χ4n) is 2.97. The van der Waals surface area contributed by atoms with Gasteiger partial charge >= 0.3 is 0 Å². The van der Waals surface area contributed by atoms with Crippen molar-refractivity contribution in [1.82, 2.24) is 19.6 Å². The van der Waals surface area contributed by atoms with E-state index >= 15 is 0 Å². The van der Waals surface area contributed by atoms with Gasteiger partial charge in [-0.05, 0) is 57.5 Å². The van der Waals surface area contributed by atoms with Crippen LogP contribution in [0.4, 0.5) is 15.9 Å². The number of nitrogens with zero attached hydrogens (tertiary/aromatic N) is 4. The third-order valence-corrected chi connectivity index (χ3v) is 5.98. The largest absolute Gasteiger partial charge is 0.330 e. The number of benzene rings is 2. The van der Waals surface area contributed by atoms with Crippen LogP contribution in [0.5, 0.6) is 0 Å². The summed E-state index contributed by atoms with van der Waals surface area (Å²) in [7, 11) is 0. The first kappa shape index (κ1) is 22.7. The predicted molar refractivity (Wildman–Crippen MR) is 133 cm³/mol. The zero-order valence-electron chi connectivity index (χ0n) is 16.4. The van der Waals surface area contributed by atoms with Crippen molar-refractivity contribution in [1.29, 1.82) is 0 Å². The monoisotopic (exact) mass is 552 g/mol. The van der Waals surface area contributed by atoms with E-state index in [2.05, 4.69) is 36.8 Å². The van der Waals surface area contributed by atoms with E-state index < -0.39 is 0 Å². The average molecular weight is 554 g/mol. The first-order chi connectivity index (χ1) is 15.4. The molecule has 0 radical (unpaired) electrons. The molecular weight excluding hydrogens is 538 g/mol. The third kappa shape index (κ3) is 5.66. The van der Waals surface area contributed by atoms with Crippen molar-refractivity contribution in [2.45, 2.75) is 13.1 Å². The average Bonchev–Trinajstić information content (AvgIpc) is 3.32. The summed E-state index contributed by atoms with van der Waals surface area (Å²) >= 11 is 21.2. The van der Waals surface area contributed by atoms with Crippen LogP contribution in [0.3, 0.4) is 0 Å². The molecule has 2 heterocycles. The number of rotatable bonds is 6. The maximum atomic E-state index is 13.2. The molecule has 0 amide bonds. The molecule has 0 saturated carbocycles. The van der Waals surface area contributed by atoms with Crippen molar-refractivity contribution in [2.75, 3.05) is 10.6 Å². The molecule has 4 aromatic rings. The van der Waals surface area contributed by atoms with Gasteiger partial charge in [0.1, 0.15) is 5.82 Å². The van der Waals surface area contributed by atoms with Gasteiger partial charge in [0.2, 0.25) is 0 Å². The number of thiocarbonyl (C=S) groups is 1. The second-order valence-electron chi connectivity index (χ2n) is 6.86. The predicted octanol–water partition coefficient (Wildman–Crippen LogP) is 6.19. The zero-order chi connectivity index (χ0) is 22.7. The lowest BCUT2D eigenvalue weighted by molar-refractivity contribution is 0.624. The normalized spacial score (nSPS) is 10.9. The van der Waals surface area contributed by atoms with Crippen LogP contribution in [0.25, 0.3) is 0 Å². The van der Waals surface area contributed by atoms with Gasteiger partial charge in [-0.2, -0.15) is 10.2 Å². The summed E-state index contributed by atoms with van der Waals surface area (Å²) in [5.74, 6) is 0.193. The van der Waals surface area contributed by atoms with Gasteiger partial charge < -0.3 is 10.6 Å². The Morgan fingerprint density at radius 2 is 1.75 bits per heavy atom. The van der Waals surface area contributed by atoms with Crippen LogP contribution in [0.1, 0.15) is 11.1 Å². The van der Waals surface area contributed by atoms with E-state index in [0.29, 0.717) is 39.8 Å². The van der Waals surface area contributed by atoms with Crippen LogP contribution in [-0.2, 0) is 13.1 Å². The molecule has 0 fully saturated rings. The second-order valence-corrected chi connectivity index (χ2v) is 8.93. The van der Waals surface area contributed by atoms with Gasteiger partial charge in [-0.15, -0.1) is 0 Å². The van der Waals surface area contributed by atoms with Crippen molar-refractivity contribution in [3.05, 3.63) is 92.5 Å². The summed E-state index contributed by atoms with van der Waals surface area (Å²) in [5, 5.41) is 16.3. The molecule has 164 valence electrons. The summed E-state index contributed by atoms with van der Waals surface area (Å²) < 4.78 is 17.4. The van der Waals surface area contributed by atoms with Gasteiger partial charge in [0.25, 0.3) is 0 Å². The summed E-state index contributed by atoms with van der Waals surface area (Å²) in [5.41, 5.74) is 2.41. The Morgan fingerprint density at radius 1 is 1.00 bits per heavy atom. The van der Waals surface area contributed by atoms with Gasteiger partial charge in [0.15, 0.2) is 10.9 Å². The van der Waals surface area contributed by atoms with Crippen molar-refractivity contribution in [3.63, 3.8) is 0 Å². The molecule has 0 aliphatic carbocycles. The minimum absolute atomic E-state index is 0.351. The summed E-state index contributed by atoms with van der Waals surface area (Å²) in [4.78, 5) is 0. The number of anilines is 2. The SMILES string of the molecule is Fc1ccc(Cn2cc(NC(=S)Nc3nn(Cc4ccccc4Cl)cc3Br)cn2)c(Cl)c1. The van der Waals surface area contributed by atoms with Crippen LogP contribution in [-0.4, -0.2) is 24.7 Å². The molecule has 0 aliphatic rings. The molecule has 0 aliphatic heterocycles. The molecule has 0 unspecified atom stereocenters. The van der Waals surface area contributed by atoms with E-state index in [-0.39, 0.29) is 5.82 Å². The highest BCUT2D eigenvalue weighted by Gasteiger charge is 2.11. The Balaban J connectivity index is 1.37. The fourth-order valence-corrected chi connectivity index (χ4v) is 4.02. The first-order valence-electron chi connectivity index (χ1n) is 9.38. The van der Waals surface area contributed by atoms with E-state index in [1.165, 1.54) is 12.1 Å². The van der Waals surface area contributed by atoms with Crippen LogP contribution in [0.2, 0.25) is 10.0 Å². The lowest BCUT2D eigenvalue weighted by Gasteiger charge is -2.07. The van der Waals surface area contributed by atoms with Gasteiger partial charge in [0.05, 0.1) is 29.4 Å².